The Kier molecular flexibility index (Phi) is 7.95. The van der Waals surface area contributed by atoms with Crippen molar-refractivity contribution in [3.05, 3.63) is 230 Å². The molecule has 13 rings (SSSR count). The lowest BCUT2D eigenvalue weighted by Gasteiger charge is -2.28. The fourth-order valence-electron chi connectivity index (χ4n) is 10.6. The van der Waals surface area contributed by atoms with Gasteiger partial charge < -0.3 is 13.9 Å². The highest BCUT2D eigenvalue weighted by Gasteiger charge is 2.35. The van der Waals surface area contributed by atoms with Crippen molar-refractivity contribution >= 4 is 71.6 Å². The van der Waals surface area contributed by atoms with E-state index in [0.29, 0.717) is 0 Å². The van der Waals surface area contributed by atoms with Crippen LogP contribution in [0.1, 0.15) is 25.0 Å². The fourth-order valence-corrected chi connectivity index (χ4v) is 10.6. The highest BCUT2D eigenvalue weighted by Crippen LogP contribution is 2.51. The Morgan fingerprint density at radius 3 is 1.83 bits per heavy atom. The molecule has 3 nitrogen and oxygen atoms in total. The standard InChI is InChI=1S/C61H42N2O/c1-61(2)55-22-8-5-19-49(55)50-33-31-47(38-56(50)61)62(45-16-12-15-42(36-45)43-28-34-59-54(37-43)53-32-27-40-13-3-4-18-48(40)60(53)64-59)44-29-25-39(26-30-44)41-14-11-17-46(35-41)63-57-23-9-6-20-51(57)52-21-7-10-24-58(52)63/h3-38H,1-2H3. The molecule has 0 atom stereocenters. The minimum absolute atomic E-state index is 0.130. The van der Waals surface area contributed by atoms with Crippen molar-refractivity contribution in [2.45, 2.75) is 19.3 Å². The van der Waals surface area contributed by atoms with Crippen molar-refractivity contribution < 1.29 is 4.42 Å². The molecule has 3 heteroatoms. The first-order valence-corrected chi connectivity index (χ1v) is 22.2. The molecule has 0 amide bonds. The number of benzene rings is 10. The second-order valence-electron chi connectivity index (χ2n) is 17.7. The Morgan fingerprint density at radius 1 is 0.391 bits per heavy atom. The van der Waals surface area contributed by atoms with Crippen LogP contribution in [0.2, 0.25) is 0 Å². The van der Waals surface area contributed by atoms with Gasteiger partial charge in [0.05, 0.1) is 11.0 Å². The molecule has 0 saturated carbocycles. The highest BCUT2D eigenvalue weighted by molar-refractivity contribution is 6.15. The van der Waals surface area contributed by atoms with Gasteiger partial charge in [0.1, 0.15) is 11.2 Å². The van der Waals surface area contributed by atoms with Gasteiger partial charge in [0.2, 0.25) is 0 Å². The first kappa shape index (κ1) is 36.5. The van der Waals surface area contributed by atoms with Crippen LogP contribution < -0.4 is 4.90 Å². The van der Waals surface area contributed by atoms with Gasteiger partial charge in [-0.3, -0.25) is 0 Å². The number of para-hydroxylation sites is 2. The zero-order valence-electron chi connectivity index (χ0n) is 35.6. The molecule has 1 aliphatic rings. The zero-order valence-corrected chi connectivity index (χ0v) is 35.6. The van der Waals surface area contributed by atoms with E-state index in [-0.39, 0.29) is 5.41 Å². The van der Waals surface area contributed by atoms with Crippen LogP contribution in [0.5, 0.6) is 0 Å². The van der Waals surface area contributed by atoms with E-state index in [0.717, 1.165) is 61.2 Å². The molecule has 64 heavy (non-hydrogen) atoms. The van der Waals surface area contributed by atoms with Crippen molar-refractivity contribution in [1.82, 2.24) is 4.57 Å². The fraction of sp³-hybridized carbons (Fsp3) is 0.0492. The Hall–Kier alpha value is -8.14. The minimum atomic E-state index is -0.130. The summed E-state index contributed by atoms with van der Waals surface area (Å²) in [5.41, 5.74) is 18.6. The van der Waals surface area contributed by atoms with E-state index in [1.54, 1.807) is 0 Å². The van der Waals surface area contributed by atoms with Gasteiger partial charge >= 0.3 is 0 Å². The zero-order chi connectivity index (χ0) is 42.5. The topological polar surface area (TPSA) is 21.3 Å². The number of furan rings is 1. The molecule has 0 unspecified atom stereocenters. The van der Waals surface area contributed by atoms with Crippen molar-refractivity contribution in [2.75, 3.05) is 4.90 Å². The smallest absolute Gasteiger partial charge is 0.143 e. The summed E-state index contributed by atoms with van der Waals surface area (Å²) in [6.45, 7) is 4.71. The normalized spacial score (nSPS) is 13.0. The van der Waals surface area contributed by atoms with Crippen LogP contribution in [-0.4, -0.2) is 4.57 Å². The van der Waals surface area contributed by atoms with Crippen molar-refractivity contribution in [2.24, 2.45) is 0 Å². The maximum absolute atomic E-state index is 6.50. The third kappa shape index (κ3) is 5.54. The lowest BCUT2D eigenvalue weighted by molar-refractivity contribution is 0.660. The maximum Gasteiger partial charge on any atom is 0.143 e. The van der Waals surface area contributed by atoms with E-state index in [2.05, 4.69) is 242 Å². The Balaban J connectivity index is 0.924. The summed E-state index contributed by atoms with van der Waals surface area (Å²) in [5, 5.41) is 7.11. The molecule has 10 aromatic carbocycles. The summed E-state index contributed by atoms with van der Waals surface area (Å²) in [6, 6.07) is 79.7. The average molecular weight is 819 g/mol. The molecule has 0 spiro atoms. The van der Waals surface area contributed by atoms with Crippen molar-refractivity contribution in [3.8, 4) is 39.1 Å². The lowest BCUT2D eigenvalue weighted by atomic mass is 9.82. The maximum atomic E-state index is 6.50. The van der Waals surface area contributed by atoms with Crippen LogP contribution in [0.4, 0.5) is 17.1 Å². The third-order valence-electron chi connectivity index (χ3n) is 13.8. The summed E-state index contributed by atoms with van der Waals surface area (Å²) in [4.78, 5) is 2.42. The number of hydrogen-bond acceptors (Lipinski definition) is 2. The molecular weight excluding hydrogens is 777 g/mol. The number of aromatic nitrogens is 1. The van der Waals surface area contributed by atoms with Gasteiger partial charge in [0.15, 0.2) is 0 Å². The van der Waals surface area contributed by atoms with Crippen LogP contribution in [0, 0.1) is 0 Å². The molecule has 302 valence electrons. The number of anilines is 3. The Bertz CT molecular complexity index is 3770. The van der Waals surface area contributed by atoms with E-state index in [1.165, 1.54) is 60.6 Å². The first-order chi connectivity index (χ1) is 31.5. The van der Waals surface area contributed by atoms with Gasteiger partial charge in [0, 0.05) is 55.1 Å². The molecule has 0 radical (unpaired) electrons. The summed E-state index contributed by atoms with van der Waals surface area (Å²) in [6.07, 6.45) is 0. The van der Waals surface area contributed by atoms with Gasteiger partial charge in [-0.1, -0.05) is 153 Å². The molecular formula is C61H42N2O. The van der Waals surface area contributed by atoms with Gasteiger partial charge in [-0.2, -0.15) is 0 Å². The van der Waals surface area contributed by atoms with Gasteiger partial charge in [-0.05, 0) is 129 Å². The molecule has 2 aromatic heterocycles. The largest absolute Gasteiger partial charge is 0.455 e. The van der Waals surface area contributed by atoms with E-state index < -0.39 is 0 Å². The van der Waals surface area contributed by atoms with E-state index in [1.807, 2.05) is 0 Å². The number of nitrogens with zero attached hydrogens (tertiary/aromatic N) is 2. The van der Waals surface area contributed by atoms with Crippen molar-refractivity contribution in [1.29, 1.82) is 0 Å². The molecule has 1 aliphatic carbocycles. The monoisotopic (exact) mass is 818 g/mol. The van der Waals surface area contributed by atoms with Crippen molar-refractivity contribution in [3.63, 3.8) is 0 Å². The average Bonchev–Trinajstić information content (AvgIpc) is 3.97. The van der Waals surface area contributed by atoms with E-state index >= 15 is 0 Å². The number of rotatable bonds is 6. The van der Waals surface area contributed by atoms with Crippen LogP contribution in [0.25, 0.3) is 93.6 Å². The Morgan fingerprint density at radius 2 is 1.02 bits per heavy atom. The molecule has 0 saturated heterocycles. The summed E-state index contributed by atoms with van der Waals surface area (Å²) in [7, 11) is 0. The van der Waals surface area contributed by atoms with Gasteiger partial charge in [0.25, 0.3) is 0 Å². The first-order valence-electron chi connectivity index (χ1n) is 22.2. The number of fused-ring (bicyclic) bond motifs is 11. The molecule has 2 heterocycles. The van der Waals surface area contributed by atoms with Crippen LogP contribution >= 0.6 is 0 Å². The lowest BCUT2D eigenvalue weighted by Crippen LogP contribution is -2.16. The number of hydrogen-bond donors (Lipinski definition) is 0. The summed E-state index contributed by atoms with van der Waals surface area (Å²) in [5.74, 6) is 0. The molecule has 0 fully saturated rings. The van der Waals surface area contributed by atoms with E-state index in [4.69, 9.17) is 4.42 Å². The SMILES string of the molecule is CC1(C)c2ccccc2-c2ccc(N(c3ccc(-c4cccc(-n5c6ccccc6c6ccccc65)c4)cc3)c3cccc(-c4ccc5oc6c7ccccc7ccc6c5c4)c3)cc21. The molecule has 0 N–H and O–H groups in total. The summed E-state index contributed by atoms with van der Waals surface area (Å²) < 4.78 is 8.89. The van der Waals surface area contributed by atoms with Gasteiger partial charge in [-0.25, -0.2) is 0 Å². The van der Waals surface area contributed by atoms with Crippen LogP contribution in [-0.2, 0) is 5.41 Å². The second kappa shape index (κ2) is 13.9. The molecule has 12 aromatic rings. The molecule has 0 bridgehead atoms. The summed E-state index contributed by atoms with van der Waals surface area (Å²) >= 11 is 0. The van der Waals surface area contributed by atoms with E-state index in [9.17, 15) is 0 Å². The van der Waals surface area contributed by atoms with Crippen LogP contribution in [0.3, 0.4) is 0 Å². The predicted molar refractivity (Wildman–Crippen MR) is 269 cm³/mol. The minimum Gasteiger partial charge on any atom is -0.455 e. The second-order valence-corrected chi connectivity index (χ2v) is 17.7. The molecule has 0 aliphatic heterocycles. The van der Waals surface area contributed by atoms with Crippen LogP contribution in [0.15, 0.2) is 223 Å². The Labute approximate surface area is 371 Å². The third-order valence-corrected chi connectivity index (χ3v) is 13.8. The quantitative estimate of drug-likeness (QED) is 0.167. The highest BCUT2D eigenvalue weighted by atomic mass is 16.3. The predicted octanol–water partition coefficient (Wildman–Crippen LogP) is 16.9. The van der Waals surface area contributed by atoms with Gasteiger partial charge in [-0.15, -0.1) is 0 Å².